The summed E-state index contributed by atoms with van der Waals surface area (Å²) in [5.74, 6) is 1.77. The lowest BCUT2D eigenvalue weighted by atomic mass is 10.2. The van der Waals surface area contributed by atoms with E-state index in [1.165, 1.54) is 41.3 Å². The predicted molar refractivity (Wildman–Crippen MR) is 108 cm³/mol. The molecule has 142 valence electrons. The van der Waals surface area contributed by atoms with Gasteiger partial charge in [0, 0.05) is 17.2 Å². The third kappa shape index (κ3) is 6.18. The number of ether oxygens (including phenoxy) is 1. The molecule has 2 N–H and O–H groups in total. The third-order valence-corrected chi connectivity index (χ3v) is 6.82. The minimum atomic E-state index is -0.397. The van der Waals surface area contributed by atoms with E-state index in [2.05, 4.69) is 10.6 Å². The van der Waals surface area contributed by atoms with Crippen molar-refractivity contribution in [2.75, 3.05) is 30.0 Å². The fourth-order valence-corrected chi connectivity index (χ4v) is 5.25. The Morgan fingerprint density at radius 1 is 1.00 bits per heavy atom. The van der Waals surface area contributed by atoms with Gasteiger partial charge in [0.15, 0.2) is 6.61 Å². The van der Waals surface area contributed by atoms with E-state index in [0.717, 1.165) is 0 Å². The molecule has 2 amide bonds. The second-order valence-corrected chi connectivity index (χ2v) is 8.49. The van der Waals surface area contributed by atoms with Crippen molar-refractivity contribution in [3.8, 4) is 5.75 Å². The average Bonchev–Trinajstić information content (AvgIpc) is 3.22. The molecule has 0 saturated carbocycles. The van der Waals surface area contributed by atoms with Crippen molar-refractivity contribution in [2.24, 2.45) is 0 Å². The Morgan fingerprint density at radius 3 is 2.33 bits per heavy atom. The second-order valence-electron chi connectivity index (χ2n) is 5.76. The van der Waals surface area contributed by atoms with Gasteiger partial charge in [-0.25, -0.2) is 4.39 Å². The summed E-state index contributed by atoms with van der Waals surface area (Å²) < 4.78 is 18.7. The summed E-state index contributed by atoms with van der Waals surface area (Å²) in [5.41, 5.74) is 1.71. The van der Waals surface area contributed by atoms with Gasteiger partial charge in [0.1, 0.15) is 11.6 Å². The van der Waals surface area contributed by atoms with Crippen LogP contribution in [0.2, 0.25) is 0 Å². The third-order valence-electron chi connectivity index (χ3n) is 3.72. The van der Waals surface area contributed by atoms with E-state index in [-0.39, 0.29) is 19.0 Å². The highest BCUT2D eigenvalue weighted by atomic mass is 32.2. The fourth-order valence-electron chi connectivity index (χ4n) is 2.39. The maximum Gasteiger partial charge on any atom is 0.258 e. The van der Waals surface area contributed by atoms with Crippen LogP contribution in [0.1, 0.15) is 10.1 Å². The van der Waals surface area contributed by atoms with Gasteiger partial charge in [0.2, 0.25) is 5.91 Å². The van der Waals surface area contributed by atoms with Crippen LogP contribution in [0.4, 0.5) is 10.1 Å². The number of amides is 2. The molecule has 3 rings (SSSR count). The molecule has 1 saturated heterocycles. The van der Waals surface area contributed by atoms with Crippen molar-refractivity contribution >= 4 is 41.0 Å². The van der Waals surface area contributed by atoms with Gasteiger partial charge in [-0.05, 0) is 42.0 Å². The molecule has 1 aliphatic heterocycles. The van der Waals surface area contributed by atoms with Crippen molar-refractivity contribution in [1.29, 1.82) is 0 Å². The zero-order chi connectivity index (χ0) is 19.1. The topological polar surface area (TPSA) is 67.4 Å². The van der Waals surface area contributed by atoms with Gasteiger partial charge in [0.05, 0.1) is 11.1 Å². The number of benzene rings is 2. The smallest absolute Gasteiger partial charge is 0.258 e. The first-order valence-corrected chi connectivity index (χ1v) is 10.5. The van der Waals surface area contributed by atoms with Crippen LogP contribution in [-0.2, 0) is 9.59 Å². The van der Waals surface area contributed by atoms with Gasteiger partial charge in [-0.15, -0.1) is 23.5 Å². The normalized spacial score (nSPS) is 14.0. The largest absolute Gasteiger partial charge is 0.484 e. The lowest BCUT2D eigenvalue weighted by Gasteiger charge is -2.11. The predicted octanol–water partition coefficient (Wildman–Crippen LogP) is 3.44. The first kappa shape index (κ1) is 19.6. The number of hydrogen-bond acceptors (Lipinski definition) is 5. The Kier molecular flexibility index (Phi) is 7.00. The molecule has 2 aromatic rings. The van der Waals surface area contributed by atoms with Crippen LogP contribution < -0.4 is 15.4 Å². The molecule has 8 heteroatoms. The summed E-state index contributed by atoms with van der Waals surface area (Å²) in [6.07, 6.45) is 0. The Bertz CT molecular complexity index is 779. The minimum Gasteiger partial charge on any atom is -0.484 e. The van der Waals surface area contributed by atoms with E-state index in [1.807, 2.05) is 47.8 Å². The molecular weight excluding hydrogens is 387 g/mol. The maximum atomic E-state index is 12.8. The molecule has 0 spiro atoms. The molecule has 0 unspecified atom stereocenters. The zero-order valence-corrected chi connectivity index (χ0v) is 16.1. The highest BCUT2D eigenvalue weighted by Gasteiger charge is 2.18. The number of nitrogens with one attached hydrogen (secondary N) is 2. The SMILES string of the molecule is O=C(COc1ccc(C2SCCS2)cc1)NCC(=O)Nc1ccc(F)cc1. The van der Waals surface area contributed by atoms with E-state index in [4.69, 9.17) is 4.74 Å². The van der Waals surface area contributed by atoms with Crippen molar-refractivity contribution in [2.45, 2.75) is 4.58 Å². The Hall–Kier alpha value is -2.19. The van der Waals surface area contributed by atoms with E-state index < -0.39 is 11.8 Å². The van der Waals surface area contributed by atoms with Crippen molar-refractivity contribution in [1.82, 2.24) is 5.32 Å². The number of thioether (sulfide) groups is 2. The number of anilines is 1. The Labute approximate surface area is 165 Å². The molecule has 2 aromatic carbocycles. The zero-order valence-electron chi connectivity index (χ0n) is 14.4. The number of carbonyl (C=O) groups is 2. The summed E-state index contributed by atoms with van der Waals surface area (Å²) >= 11 is 3.86. The van der Waals surface area contributed by atoms with Gasteiger partial charge in [0.25, 0.3) is 5.91 Å². The standard InChI is InChI=1S/C19H19FN2O3S2/c20-14-3-5-15(6-4-14)22-17(23)11-21-18(24)12-25-16-7-1-13(2-8-16)19-26-9-10-27-19/h1-8,19H,9-12H2,(H,21,24)(H,22,23). The lowest BCUT2D eigenvalue weighted by Crippen LogP contribution is -2.35. The van der Waals surface area contributed by atoms with Gasteiger partial charge in [-0.2, -0.15) is 0 Å². The van der Waals surface area contributed by atoms with Gasteiger partial charge in [-0.1, -0.05) is 12.1 Å². The molecule has 0 bridgehead atoms. The van der Waals surface area contributed by atoms with Crippen LogP contribution in [-0.4, -0.2) is 36.5 Å². The number of carbonyl (C=O) groups excluding carboxylic acids is 2. The van der Waals surface area contributed by atoms with E-state index in [1.54, 1.807) is 0 Å². The van der Waals surface area contributed by atoms with Crippen molar-refractivity contribution in [3.05, 3.63) is 59.9 Å². The minimum absolute atomic E-state index is 0.171. The highest BCUT2D eigenvalue weighted by Crippen LogP contribution is 2.45. The summed E-state index contributed by atoms with van der Waals surface area (Å²) in [6.45, 7) is -0.356. The van der Waals surface area contributed by atoms with Crippen molar-refractivity contribution in [3.63, 3.8) is 0 Å². The van der Waals surface area contributed by atoms with Gasteiger partial charge >= 0.3 is 0 Å². The molecule has 1 fully saturated rings. The van der Waals surface area contributed by atoms with Crippen molar-refractivity contribution < 1.29 is 18.7 Å². The summed E-state index contributed by atoms with van der Waals surface area (Å²) in [5, 5.41) is 5.05. The molecular formula is C19H19FN2O3S2. The van der Waals surface area contributed by atoms with E-state index in [9.17, 15) is 14.0 Å². The average molecular weight is 407 g/mol. The molecule has 27 heavy (non-hydrogen) atoms. The first-order valence-electron chi connectivity index (χ1n) is 8.38. The van der Waals surface area contributed by atoms with Crippen LogP contribution in [0.15, 0.2) is 48.5 Å². The van der Waals surface area contributed by atoms with Crippen LogP contribution in [0, 0.1) is 5.82 Å². The number of halogens is 1. The van der Waals surface area contributed by atoms with Gasteiger partial charge in [-0.3, -0.25) is 9.59 Å². The first-order chi connectivity index (χ1) is 13.1. The monoisotopic (exact) mass is 406 g/mol. The molecule has 0 atom stereocenters. The fraction of sp³-hybridized carbons (Fsp3) is 0.263. The quantitative estimate of drug-likeness (QED) is 0.737. The van der Waals surface area contributed by atoms with Crippen LogP contribution in [0.25, 0.3) is 0 Å². The molecule has 0 aromatic heterocycles. The van der Waals surface area contributed by atoms with E-state index >= 15 is 0 Å². The van der Waals surface area contributed by atoms with Gasteiger partial charge < -0.3 is 15.4 Å². The number of rotatable bonds is 7. The second kappa shape index (κ2) is 9.66. The van der Waals surface area contributed by atoms with Crippen LogP contribution >= 0.6 is 23.5 Å². The summed E-state index contributed by atoms with van der Waals surface area (Å²) in [6, 6.07) is 13.1. The maximum absolute atomic E-state index is 12.8. The van der Waals surface area contributed by atoms with E-state index in [0.29, 0.717) is 16.0 Å². The van der Waals surface area contributed by atoms with Crippen LogP contribution in [0.5, 0.6) is 5.75 Å². The molecule has 1 aliphatic rings. The number of hydrogen-bond donors (Lipinski definition) is 2. The lowest BCUT2D eigenvalue weighted by molar-refractivity contribution is -0.125. The molecule has 0 radical (unpaired) electrons. The Morgan fingerprint density at radius 2 is 1.67 bits per heavy atom. The Balaban J connectivity index is 1.37. The molecule has 1 heterocycles. The summed E-state index contributed by atoms with van der Waals surface area (Å²) in [7, 11) is 0. The molecule has 5 nitrogen and oxygen atoms in total. The highest BCUT2D eigenvalue weighted by molar-refractivity contribution is 8.19. The van der Waals surface area contributed by atoms with Crippen LogP contribution in [0.3, 0.4) is 0 Å². The summed E-state index contributed by atoms with van der Waals surface area (Å²) in [4.78, 5) is 23.6. The molecule has 0 aliphatic carbocycles.